The van der Waals surface area contributed by atoms with Crippen LogP contribution in [0.15, 0.2) is 18.2 Å². The summed E-state index contributed by atoms with van der Waals surface area (Å²) in [5, 5.41) is 21.9. The van der Waals surface area contributed by atoms with Gasteiger partial charge in [0.25, 0.3) is 0 Å². The summed E-state index contributed by atoms with van der Waals surface area (Å²) < 4.78 is 0. The third-order valence-electron chi connectivity index (χ3n) is 3.67. The molecule has 1 aromatic rings. The van der Waals surface area contributed by atoms with Crippen molar-refractivity contribution < 1.29 is 10.2 Å². The highest BCUT2D eigenvalue weighted by molar-refractivity contribution is 5.38. The molecule has 0 fully saturated rings. The van der Waals surface area contributed by atoms with Crippen LogP contribution >= 0.6 is 0 Å². The Bertz CT molecular complexity index is 379. The minimum Gasteiger partial charge on any atom is -0.508 e. The molecule has 2 rings (SSSR count). The van der Waals surface area contributed by atoms with Crippen molar-refractivity contribution in [2.75, 3.05) is 13.2 Å². The first-order chi connectivity index (χ1) is 8.81. The number of nitrogens with one attached hydrogen (secondary N) is 1. The Morgan fingerprint density at radius 3 is 2.94 bits per heavy atom. The normalized spacial score (nSPS) is 18.6. The van der Waals surface area contributed by atoms with Crippen LogP contribution in [-0.4, -0.2) is 23.4 Å². The van der Waals surface area contributed by atoms with Crippen molar-refractivity contribution in [2.45, 2.75) is 44.6 Å². The molecule has 3 heteroatoms. The first-order valence-corrected chi connectivity index (χ1v) is 6.97. The van der Waals surface area contributed by atoms with Crippen molar-refractivity contribution in [3.05, 3.63) is 29.3 Å². The maximum atomic E-state index is 9.59. The number of benzene rings is 1. The molecule has 3 N–H and O–H groups in total. The fourth-order valence-electron chi connectivity index (χ4n) is 2.69. The average Bonchev–Trinajstić information content (AvgIpc) is 2.39. The zero-order valence-electron chi connectivity index (χ0n) is 10.9. The maximum Gasteiger partial charge on any atom is 0.115 e. The number of aliphatic hydroxyl groups excluding tert-OH is 1. The van der Waals surface area contributed by atoms with Gasteiger partial charge in [0.2, 0.25) is 0 Å². The summed E-state index contributed by atoms with van der Waals surface area (Å²) in [5.41, 5.74) is 2.63. The zero-order chi connectivity index (χ0) is 12.8. The summed E-state index contributed by atoms with van der Waals surface area (Å²) in [7, 11) is 0. The Morgan fingerprint density at radius 2 is 2.11 bits per heavy atom. The molecule has 0 saturated heterocycles. The van der Waals surface area contributed by atoms with Crippen LogP contribution in [0.3, 0.4) is 0 Å². The van der Waals surface area contributed by atoms with E-state index in [-0.39, 0.29) is 0 Å². The van der Waals surface area contributed by atoms with Crippen molar-refractivity contribution in [2.24, 2.45) is 0 Å². The van der Waals surface area contributed by atoms with Crippen LogP contribution in [0.4, 0.5) is 0 Å². The van der Waals surface area contributed by atoms with Crippen LogP contribution in [0.2, 0.25) is 0 Å². The van der Waals surface area contributed by atoms with Crippen LogP contribution in [0.5, 0.6) is 5.75 Å². The molecular formula is C15H23NO2. The van der Waals surface area contributed by atoms with E-state index >= 15 is 0 Å². The molecule has 100 valence electrons. The molecule has 3 nitrogen and oxygen atoms in total. The summed E-state index contributed by atoms with van der Waals surface area (Å²) in [4.78, 5) is 0. The van der Waals surface area contributed by atoms with Gasteiger partial charge in [-0.3, -0.25) is 0 Å². The van der Waals surface area contributed by atoms with E-state index in [1.54, 1.807) is 6.07 Å². The quantitative estimate of drug-likeness (QED) is 0.679. The van der Waals surface area contributed by atoms with Gasteiger partial charge in [-0.05, 0) is 68.3 Å². The number of phenols is 1. The van der Waals surface area contributed by atoms with Gasteiger partial charge in [-0.25, -0.2) is 0 Å². The van der Waals surface area contributed by atoms with Gasteiger partial charge in [0, 0.05) is 12.6 Å². The molecule has 1 aliphatic rings. The highest BCUT2D eigenvalue weighted by Gasteiger charge is 2.19. The number of phenolic OH excluding ortho intramolecular Hbond substituents is 1. The number of hydrogen-bond donors (Lipinski definition) is 3. The molecule has 0 amide bonds. The molecule has 0 heterocycles. The van der Waals surface area contributed by atoms with E-state index in [0.29, 0.717) is 18.4 Å². The number of aliphatic hydroxyl groups is 1. The molecule has 0 aliphatic heterocycles. The summed E-state index contributed by atoms with van der Waals surface area (Å²) in [6.45, 7) is 1.28. The predicted molar refractivity (Wildman–Crippen MR) is 72.7 cm³/mol. The lowest BCUT2D eigenvalue weighted by atomic mass is 9.87. The number of unbranched alkanes of at least 4 members (excludes halogenated alkanes) is 2. The number of aromatic hydroxyl groups is 1. The highest BCUT2D eigenvalue weighted by Crippen LogP contribution is 2.31. The number of aryl methyl sites for hydroxylation is 1. The van der Waals surface area contributed by atoms with Gasteiger partial charge in [-0.1, -0.05) is 6.07 Å². The van der Waals surface area contributed by atoms with Gasteiger partial charge >= 0.3 is 0 Å². The first kappa shape index (κ1) is 13.4. The van der Waals surface area contributed by atoms with E-state index < -0.39 is 0 Å². The van der Waals surface area contributed by atoms with Gasteiger partial charge in [0.05, 0.1) is 0 Å². The van der Waals surface area contributed by atoms with Crippen LogP contribution < -0.4 is 5.32 Å². The lowest BCUT2D eigenvalue weighted by molar-refractivity contribution is 0.282. The number of hydrogen-bond acceptors (Lipinski definition) is 3. The second-order valence-electron chi connectivity index (χ2n) is 5.07. The Hall–Kier alpha value is -1.06. The minimum atomic E-state index is 0.292. The maximum absolute atomic E-state index is 9.59. The van der Waals surface area contributed by atoms with E-state index in [0.717, 1.165) is 38.6 Å². The second-order valence-corrected chi connectivity index (χ2v) is 5.07. The van der Waals surface area contributed by atoms with Crippen molar-refractivity contribution in [3.8, 4) is 5.75 Å². The van der Waals surface area contributed by atoms with Crippen LogP contribution in [0, 0.1) is 0 Å². The molecule has 0 spiro atoms. The molecule has 18 heavy (non-hydrogen) atoms. The largest absolute Gasteiger partial charge is 0.508 e. The standard InChI is InChI=1S/C15H23NO2/c17-10-3-1-2-9-16-15-6-4-5-12-7-8-13(18)11-14(12)15/h7-8,11,15-18H,1-6,9-10H2. The van der Waals surface area contributed by atoms with Gasteiger partial charge in [0.15, 0.2) is 0 Å². The van der Waals surface area contributed by atoms with E-state index in [2.05, 4.69) is 5.32 Å². The van der Waals surface area contributed by atoms with E-state index in [4.69, 9.17) is 5.11 Å². The number of fused-ring (bicyclic) bond motifs is 1. The average molecular weight is 249 g/mol. The predicted octanol–water partition coefficient (Wildman–Crippen LogP) is 2.52. The Kier molecular flexibility index (Phi) is 5.02. The van der Waals surface area contributed by atoms with Crippen LogP contribution in [0.25, 0.3) is 0 Å². The fourth-order valence-corrected chi connectivity index (χ4v) is 2.69. The summed E-state index contributed by atoms with van der Waals surface area (Å²) in [5.74, 6) is 0.364. The van der Waals surface area contributed by atoms with Crippen LogP contribution in [-0.2, 0) is 6.42 Å². The van der Waals surface area contributed by atoms with Gasteiger partial charge < -0.3 is 15.5 Å². The lowest BCUT2D eigenvalue weighted by Gasteiger charge is -2.26. The van der Waals surface area contributed by atoms with Crippen molar-refractivity contribution in [3.63, 3.8) is 0 Å². The Labute approximate surface area is 109 Å². The minimum absolute atomic E-state index is 0.292. The molecule has 0 radical (unpaired) electrons. The van der Waals surface area contributed by atoms with Crippen molar-refractivity contribution >= 4 is 0 Å². The molecule has 1 aromatic carbocycles. The summed E-state index contributed by atoms with van der Waals surface area (Å²) >= 11 is 0. The third kappa shape index (κ3) is 3.47. The molecule has 1 unspecified atom stereocenters. The summed E-state index contributed by atoms with van der Waals surface area (Å²) in [6.07, 6.45) is 6.55. The van der Waals surface area contributed by atoms with E-state index in [1.807, 2.05) is 12.1 Å². The van der Waals surface area contributed by atoms with Gasteiger partial charge in [0.1, 0.15) is 5.75 Å². The van der Waals surface area contributed by atoms with E-state index in [9.17, 15) is 5.11 Å². The lowest BCUT2D eigenvalue weighted by Crippen LogP contribution is -2.26. The zero-order valence-corrected chi connectivity index (χ0v) is 10.9. The Balaban J connectivity index is 1.89. The fraction of sp³-hybridized carbons (Fsp3) is 0.600. The van der Waals surface area contributed by atoms with Crippen molar-refractivity contribution in [1.29, 1.82) is 0 Å². The Morgan fingerprint density at radius 1 is 1.22 bits per heavy atom. The topological polar surface area (TPSA) is 52.5 Å². The SMILES string of the molecule is OCCCCCNC1CCCc2ccc(O)cc21. The van der Waals surface area contributed by atoms with E-state index in [1.165, 1.54) is 17.5 Å². The second kappa shape index (κ2) is 6.76. The monoisotopic (exact) mass is 249 g/mol. The molecular weight excluding hydrogens is 226 g/mol. The van der Waals surface area contributed by atoms with Gasteiger partial charge in [-0.2, -0.15) is 0 Å². The smallest absolute Gasteiger partial charge is 0.115 e. The summed E-state index contributed by atoms with van der Waals surface area (Å²) in [6, 6.07) is 6.11. The number of rotatable bonds is 6. The van der Waals surface area contributed by atoms with Gasteiger partial charge in [-0.15, -0.1) is 0 Å². The molecule has 1 aliphatic carbocycles. The first-order valence-electron chi connectivity index (χ1n) is 6.97. The molecule has 0 bridgehead atoms. The third-order valence-corrected chi connectivity index (χ3v) is 3.67. The molecule has 0 aromatic heterocycles. The van der Waals surface area contributed by atoms with Crippen molar-refractivity contribution in [1.82, 2.24) is 5.32 Å². The molecule has 1 atom stereocenters. The van der Waals surface area contributed by atoms with Crippen LogP contribution in [0.1, 0.15) is 49.3 Å². The highest BCUT2D eigenvalue weighted by atomic mass is 16.3. The molecule has 0 saturated carbocycles.